The molecule has 0 spiro atoms. The molecule has 0 bridgehead atoms. The lowest BCUT2D eigenvalue weighted by Gasteiger charge is -2.31. The van der Waals surface area contributed by atoms with E-state index in [0.717, 1.165) is 25.7 Å². The summed E-state index contributed by atoms with van der Waals surface area (Å²) in [6.45, 7) is -0.276. The topological polar surface area (TPSA) is 66.0 Å². The normalized spacial score (nSPS) is 17.4. The van der Waals surface area contributed by atoms with Crippen LogP contribution in [-0.2, 0) is 9.53 Å². The largest absolute Gasteiger partial charge is 0.411 e. The molecule has 25 heavy (non-hydrogen) atoms. The average Bonchev–Trinajstić information content (AvgIpc) is 3.01. The summed E-state index contributed by atoms with van der Waals surface area (Å²) in [6.07, 6.45) is -0.107. The standard InChI is InChI=1S/C16H29F3N4O2/c1-20-14(21-9-6-10-25-12-16(17,18)19)22-11-15(7-4-5-8-15)13(24)23(2)3/h4-12H2,1-3H3,(H2,20,21,22). The number of hydrogen-bond donors (Lipinski definition) is 2. The van der Waals surface area contributed by atoms with Crippen molar-refractivity contribution in [2.75, 3.05) is 47.4 Å². The predicted molar refractivity (Wildman–Crippen MR) is 90.5 cm³/mol. The molecular formula is C16H29F3N4O2. The van der Waals surface area contributed by atoms with Crippen molar-refractivity contribution >= 4 is 11.9 Å². The fourth-order valence-electron chi connectivity index (χ4n) is 3.03. The number of rotatable bonds is 8. The molecule has 0 atom stereocenters. The summed E-state index contributed by atoms with van der Waals surface area (Å²) in [5.74, 6) is 0.655. The summed E-state index contributed by atoms with van der Waals surface area (Å²) in [4.78, 5) is 18.2. The van der Waals surface area contributed by atoms with Crippen LogP contribution in [0, 0.1) is 5.41 Å². The molecule has 1 amide bonds. The molecule has 1 rings (SSSR count). The Morgan fingerprint density at radius 1 is 1.24 bits per heavy atom. The monoisotopic (exact) mass is 366 g/mol. The number of amides is 1. The Kier molecular flexibility index (Phi) is 8.47. The Morgan fingerprint density at radius 2 is 1.88 bits per heavy atom. The summed E-state index contributed by atoms with van der Waals surface area (Å²) in [7, 11) is 5.14. The minimum atomic E-state index is -4.29. The van der Waals surface area contributed by atoms with Gasteiger partial charge in [-0.05, 0) is 19.3 Å². The molecule has 0 aromatic carbocycles. The van der Waals surface area contributed by atoms with Crippen molar-refractivity contribution in [3.8, 4) is 0 Å². The molecule has 0 saturated heterocycles. The maximum atomic E-state index is 12.5. The summed E-state index contributed by atoms with van der Waals surface area (Å²) in [5.41, 5.74) is -0.406. The van der Waals surface area contributed by atoms with Crippen molar-refractivity contribution in [2.24, 2.45) is 10.4 Å². The smallest absolute Gasteiger partial charge is 0.372 e. The molecule has 0 heterocycles. The Bertz CT molecular complexity index is 447. The van der Waals surface area contributed by atoms with Crippen LogP contribution < -0.4 is 10.6 Å². The van der Waals surface area contributed by atoms with Crippen molar-refractivity contribution in [1.29, 1.82) is 0 Å². The van der Waals surface area contributed by atoms with Crippen LogP contribution in [0.15, 0.2) is 4.99 Å². The fourth-order valence-corrected chi connectivity index (χ4v) is 3.03. The number of nitrogens with zero attached hydrogens (tertiary/aromatic N) is 2. The highest BCUT2D eigenvalue weighted by Crippen LogP contribution is 2.38. The molecule has 1 aliphatic carbocycles. The van der Waals surface area contributed by atoms with Crippen molar-refractivity contribution in [3.05, 3.63) is 0 Å². The average molecular weight is 366 g/mol. The molecular weight excluding hydrogens is 337 g/mol. The van der Waals surface area contributed by atoms with Gasteiger partial charge in [0.25, 0.3) is 0 Å². The zero-order valence-electron chi connectivity index (χ0n) is 15.2. The number of nitrogens with one attached hydrogen (secondary N) is 2. The summed E-state index contributed by atoms with van der Waals surface area (Å²) in [5, 5.41) is 6.20. The molecule has 0 aromatic rings. The molecule has 0 aromatic heterocycles. The van der Waals surface area contributed by atoms with Crippen molar-refractivity contribution in [1.82, 2.24) is 15.5 Å². The van der Waals surface area contributed by atoms with Gasteiger partial charge in [-0.25, -0.2) is 0 Å². The van der Waals surface area contributed by atoms with Gasteiger partial charge in [-0.2, -0.15) is 13.2 Å². The van der Waals surface area contributed by atoms with E-state index in [1.165, 1.54) is 0 Å². The van der Waals surface area contributed by atoms with Crippen molar-refractivity contribution < 1.29 is 22.7 Å². The second kappa shape index (κ2) is 9.84. The van der Waals surface area contributed by atoms with Crippen LogP contribution in [0.1, 0.15) is 32.1 Å². The highest BCUT2D eigenvalue weighted by molar-refractivity contribution is 5.85. The highest BCUT2D eigenvalue weighted by atomic mass is 19.4. The molecule has 0 unspecified atom stereocenters. The summed E-state index contributed by atoms with van der Waals surface area (Å²) in [6, 6.07) is 0. The second-order valence-electron chi connectivity index (χ2n) is 6.56. The zero-order chi connectivity index (χ0) is 18.9. The number of carbonyl (C=O) groups excluding carboxylic acids is 1. The highest BCUT2D eigenvalue weighted by Gasteiger charge is 2.42. The number of hydrogen-bond acceptors (Lipinski definition) is 3. The maximum absolute atomic E-state index is 12.5. The SMILES string of the molecule is CN=C(NCCCOCC(F)(F)F)NCC1(C(=O)N(C)C)CCCC1. The van der Waals surface area contributed by atoms with E-state index in [0.29, 0.717) is 25.5 Å². The lowest BCUT2D eigenvalue weighted by molar-refractivity contribution is -0.173. The van der Waals surface area contributed by atoms with Gasteiger partial charge in [0.05, 0.1) is 5.41 Å². The van der Waals surface area contributed by atoms with Gasteiger partial charge in [0.1, 0.15) is 6.61 Å². The number of carbonyl (C=O) groups is 1. The van der Waals surface area contributed by atoms with Gasteiger partial charge < -0.3 is 20.3 Å². The van der Waals surface area contributed by atoms with Gasteiger partial charge in [-0.15, -0.1) is 0 Å². The number of guanidine groups is 1. The third-order valence-electron chi connectivity index (χ3n) is 4.26. The quantitative estimate of drug-likeness (QED) is 0.390. The Morgan fingerprint density at radius 3 is 2.40 bits per heavy atom. The Balaban J connectivity index is 2.34. The first kappa shape index (κ1) is 21.5. The fraction of sp³-hybridized carbons (Fsp3) is 0.875. The van der Waals surface area contributed by atoms with E-state index in [-0.39, 0.29) is 12.5 Å². The van der Waals surface area contributed by atoms with Gasteiger partial charge >= 0.3 is 6.18 Å². The molecule has 146 valence electrons. The lowest BCUT2D eigenvalue weighted by Crippen LogP contribution is -2.49. The first-order valence-corrected chi connectivity index (χ1v) is 8.51. The minimum absolute atomic E-state index is 0.0204. The van der Waals surface area contributed by atoms with Crippen LogP contribution in [0.25, 0.3) is 0 Å². The van der Waals surface area contributed by atoms with E-state index in [1.54, 1.807) is 26.0 Å². The van der Waals surface area contributed by atoms with Crippen LogP contribution in [0.3, 0.4) is 0 Å². The van der Waals surface area contributed by atoms with Gasteiger partial charge in [-0.1, -0.05) is 12.8 Å². The van der Waals surface area contributed by atoms with E-state index >= 15 is 0 Å². The summed E-state index contributed by atoms with van der Waals surface area (Å²) >= 11 is 0. The van der Waals surface area contributed by atoms with Crippen LogP contribution in [0.4, 0.5) is 13.2 Å². The van der Waals surface area contributed by atoms with Crippen LogP contribution in [0.5, 0.6) is 0 Å². The van der Waals surface area contributed by atoms with Crippen LogP contribution >= 0.6 is 0 Å². The molecule has 1 fully saturated rings. The number of ether oxygens (including phenoxy) is 1. The Hall–Kier alpha value is -1.51. The molecule has 1 aliphatic rings. The molecule has 2 N–H and O–H groups in total. The van der Waals surface area contributed by atoms with Crippen molar-refractivity contribution in [2.45, 2.75) is 38.3 Å². The first-order valence-electron chi connectivity index (χ1n) is 8.51. The van der Waals surface area contributed by atoms with Gasteiger partial charge in [0.15, 0.2) is 5.96 Å². The van der Waals surface area contributed by atoms with E-state index in [4.69, 9.17) is 0 Å². The van der Waals surface area contributed by atoms with E-state index in [2.05, 4.69) is 20.4 Å². The number of aliphatic imine (C=N–C) groups is 1. The Labute approximate surface area is 147 Å². The van der Waals surface area contributed by atoms with Gasteiger partial charge in [-0.3, -0.25) is 9.79 Å². The molecule has 1 saturated carbocycles. The summed E-state index contributed by atoms with van der Waals surface area (Å²) < 4.78 is 40.4. The van der Waals surface area contributed by atoms with Crippen LogP contribution in [0.2, 0.25) is 0 Å². The molecule has 9 heteroatoms. The first-order chi connectivity index (χ1) is 11.7. The lowest BCUT2D eigenvalue weighted by atomic mass is 9.84. The number of halogens is 3. The third kappa shape index (κ3) is 7.50. The van der Waals surface area contributed by atoms with Crippen LogP contribution in [-0.4, -0.2) is 70.4 Å². The van der Waals surface area contributed by atoms with E-state index in [1.807, 2.05) is 0 Å². The van der Waals surface area contributed by atoms with Gasteiger partial charge in [0.2, 0.25) is 5.91 Å². The van der Waals surface area contributed by atoms with Crippen molar-refractivity contribution in [3.63, 3.8) is 0 Å². The second-order valence-corrected chi connectivity index (χ2v) is 6.56. The number of alkyl halides is 3. The predicted octanol–water partition coefficient (Wildman–Crippen LogP) is 1.77. The molecule has 6 nitrogen and oxygen atoms in total. The third-order valence-corrected chi connectivity index (χ3v) is 4.26. The van der Waals surface area contributed by atoms with E-state index in [9.17, 15) is 18.0 Å². The molecule has 0 aliphatic heterocycles. The van der Waals surface area contributed by atoms with Gasteiger partial charge in [0, 0.05) is 40.8 Å². The maximum Gasteiger partial charge on any atom is 0.411 e. The molecule has 0 radical (unpaired) electrons. The minimum Gasteiger partial charge on any atom is -0.372 e. The van der Waals surface area contributed by atoms with E-state index < -0.39 is 18.2 Å². The zero-order valence-corrected chi connectivity index (χ0v) is 15.2.